The summed E-state index contributed by atoms with van der Waals surface area (Å²) < 4.78 is 0. The van der Waals surface area contributed by atoms with Crippen LogP contribution in [0.4, 0.5) is 11.6 Å². The Hall–Kier alpha value is -2.34. The van der Waals surface area contributed by atoms with Crippen LogP contribution < -0.4 is 15.8 Å². The summed E-state index contributed by atoms with van der Waals surface area (Å²) in [6.07, 6.45) is 1.83. The third-order valence-electron chi connectivity index (χ3n) is 4.64. The number of hydrogen-bond donors (Lipinski definition) is 2. The summed E-state index contributed by atoms with van der Waals surface area (Å²) in [6.45, 7) is 7.10. The first-order valence-corrected chi connectivity index (χ1v) is 8.32. The highest BCUT2D eigenvalue weighted by Gasteiger charge is 2.22. The molecule has 6 heteroatoms. The molecule has 1 aliphatic rings. The van der Waals surface area contributed by atoms with Gasteiger partial charge in [0.15, 0.2) is 0 Å². The third-order valence-corrected chi connectivity index (χ3v) is 4.64. The van der Waals surface area contributed by atoms with Crippen LogP contribution in [0.5, 0.6) is 0 Å². The fourth-order valence-electron chi connectivity index (χ4n) is 3.31. The summed E-state index contributed by atoms with van der Waals surface area (Å²) in [5, 5.41) is 3.06. The fourth-order valence-corrected chi connectivity index (χ4v) is 3.31. The van der Waals surface area contributed by atoms with Gasteiger partial charge in [-0.2, -0.15) is 0 Å². The first-order valence-electron chi connectivity index (χ1n) is 8.32. The molecule has 3 heterocycles. The van der Waals surface area contributed by atoms with Crippen LogP contribution in [0, 0.1) is 6.92 Å². The van der Waals surface area contributed by atoms with E-state index >= 15 is 0 Å². The molecule has 3 rings (SSSR count). The van der Waals surface area contributed by atoms with Crippen molar-refractivity contribution in [2.75, 3.05) is 43.9 Å². The minimum atomic E-state index is -0.0733. The van der Waals surface area contributed by atoms with Crippen molar-refractivity contribution in [3.8, 4) is 11.1 Å². The van der Waals surface area contributed by atoms with Crippen LogP contribution >= 0.6 is 0 Å². The summed E-state index contributed by atoms with van der Waals surface area (Å²) in [7, 11) is 3.98. The molecule has 0 spiro atoms. The Bertz CT molecular complexity index is 785. The molecule has 6 nitrogen and oxygen atoms in total. The summed E-state index contributed by atoms with van der Waals surface area (Å²) in [5.74, 6) is 1.69. The Balaban J connectivity index is 2.02. The second-order valence-electron chi connectivity index (χ2n) is 6.56. The van der Waals surface area contributed by atoms with Gasteiger partial charge in [-0.15, -0.1) is 0 Å². The number of aryl methyl sites for hydroxylation is 1. The van der Waals surface area contributed by atoms with Crippen LogP contribution in [0.15, 0.2) is 29.2 Å². The second-order valence-corrected chi connectivity index (χ2v) is 6.56. The molecular weight excluding hydrogens is 302 g/mol. The van der Waals surface area contributed by atoms with Gasteiger partial charge in [-0.05, 0) is 49.7 Å². The number of anilines is 2. The first kappa shape index (κ1) is 16.5. The van der Waals surface area contributed by atoms with E-state index in [4.69, 9.17) is 0 Å². The molecule has 0 aliphatic carbocycles. The molecule has 0 amide bonds. The topological polar surface area (TPSA) is 64.3 Å². The number of pyridine rings is 2. The van der Waals surface area contributed by atoms with Gasteiger partial charge in [-0.1, -0.05) is 0 Å². The molecule has 128 valence electrons. The number of hydrogen-bond acceptors (Lipinski definition) is 5. The van der Waals surface area contributed by atoms with Gasteiger partial charge >= 0.3 is 0 Å². The van der Waals surface area contributed by atoms with Crippen molar-refractivity contribution in [2.45, 2.75) is 19.9 Å². The van der Waals surface area contributed by atoms with Gasteiger partial charge < -0.3 is 20.1 Å². The SMILES string of the molecule is CNc1cc(-c2cc(N3CCN(C)CC3C)[nH]c(=O)c2)c(C)cn1. The molecule has 2 aromatic rings. The second kappa shape index (κ2) is 6.65. The van der Waals surface area contributed by atoms with Crippen molar-refractivity contribution in [1.82, 2.24) is 14.9 Å². The number of piperazine rings is 1. The largest absolute Gasteiger partial charge is 0.373 e. The zero-order valence-corrected chi connectivity index (χ0v) is 14.8. The summed E-state index contributed by atoms with van der Waals surface area (Å²) >= 11 is 0. The number of rotatable bonds is 3. The summed E-state index contributed by atoms with van der Waals surface area (Å²) in [5.41, 5.74) is 2.94. The molecule has 2 N–H and O–H groups in total. The highest BCUT2D eigenvalue weighted by Crippen LogP contribution is 2.27. The number of aromatic amines is 1. The smallest absolute Gasteiger partial charge is 0.250 e. The van der Waals surface area contributed by atoms with E-state index in [1.54, 1.807) is 6.07 Å². The molecule has 0 aromatic carbocycles. The number of aromatic nitrogens is 2. The van der Waals surface area contributed by atoms with Crippen LogP contribution in [0.1, 0.15) is 12.5 Å². The Kier molecular flexibility index (Phi) is 4.57. The van der Waals surface area contributed by atoms with Gasteiger partial charge in [0.05, 0.1) is 0 Å². The monoisotopic (exact) mass is 327 g/mol. The molecule has 1 saturated heterocycles. The lowest BCUT2D eigenvalue weighted by molar-refractivity contribution is 0.274. The quantitative estimate of drug-likeness (QED) is 0.902. The molecule has 2 aromatic heterocycles. The average Bonchev–Trinajstić information content (AvgIpc) is 2.54. The molecule has 1 unspecified atom stereocenters. The highest BCUT2D eigenvalue weighted by molar-refractivity contribution is 5.71. The average molecular weight is 327 g/mol. The first-order chi connectivity index (χ1) is 11.5. The summed E-state index contributed by atoms with van der Waals surface area (Å²) in [6, 6.07) is 6.08. The Morgan fingerprint density at radius 3 is 2.79 bits per heavy atom. The zero-order valence-electron chi connectivity index (χ0n) is 14.8. The van der Waals surface area contributed by atoms with Gasteiger partial charge in [-0.3, -0.25) is 4.79 Å². The lowest BCUT2D eigenvalue weighted by atomic mass is 10.0. The van der Waals surface area contributed by atoms with E-state index in [1.165, 1.54) is 0 Å². The van der Waals surface area contributed by atoms with E-state index in [0.29, 0.717) is 6.04 Å². The fraction of sp³-hybridized carbons (Fsp3) is 0.444. The molecule has 0 saturated carbocycles. The number of likely N-dealkylation sites (N-methyl/N-ethyl adjacent to an activating group) is 1. The van der Waals surface area contributed by atoms with Crippen LogP contribution in [-0.2, 0) is 0 Å². The van der Waals surface area contributed by atoms with E-state index in [-0.39, 0.29) is 5.56 Å². The lowest BCUT2D eigenvalue weighted by Gasteiger charge is -2.39. The van der Waals surface area contributed by atoms with Crippen LogP contribution in [-0.4, -0.2) is 54.6 Å². The van der Waals surface area contributed by atoms with E-state index in [9.17, 15) is 4.79 Å². The van der Waals surface area contributed by atoms with E-state index in [1.807, 2.05) is 26.2 Å². The molecule has 0 radical (unpaired) electrons. The van der Waals surface area contributed by atoms with E-state index < -0.39 is 0 Å². The van der Waals surface area contributed by atoms with E-state index in [0.717, 1.165) is 48.0 Å². The van der Waals surface area contributed by atoms with E-state index in [2.05, 4.69) is 45.1 Å². The van der Waals surface area contributed by atoms with Gasteiger partial charge in [0.2, 0.25) is 5.56 Å². The number of nitrogens with one attached hydrogen (secondary N) is 2. The maximum absolute atomic E-state index is 12.2. The minimum Gasteiger partial charge on any atom is -0.373 e. The molecule has 0 bridgehead atoms. The molecule has 1 fully saturated rings. The lowest BCUT2D eigenvalue weighted by Crippen LogP contribution is -2.51. The van der Waals surface area contributed by atoms with Crippen molar-refractivity contribution in [3.05, 3.63) is 40.3 Å². The van der Waals surface area contributed by atoms with Crippen LogP contribution in [0.25, 0.3) is 11.1 Å². The van der Waals surface area contributed by atoms with Gasteiger partial charge in [-0.25, -0.2) is 4.98 Å². The van der Waals surface area contributed by atoms with Gasteiger partial charge in [0, 0.05) is 45.0 Å². The Morgan fingerprint density at radius 2 is 2.08 bits per heavy atom. The molecule has 1 aliphatic heterocycles. The van der Waals surface area contributed by atoms with Crippen LogP contribution in [0.2, 0.25) is 0 Å². The van der Waals surface area contributed by atoms with Crippen molar-refractivity contribution >= 4 is 11.6 Å². The maximum Gasteiger partial charge on any atom is 0.250 e. The zero-order chi connectivity index (χ0) is 17.3. The maximum atomic E-state index is 12.2. The molecule has 1 atom stereocenters. The standard InChI is InChI=1S/C18H25N5O/c1-12-10-20-16(19-3)9-15(12)14-7-17(21-18(24)8-14)23-6-5-22(4)11-13(23)2/h7-10,13H,5-6,11H2,1-4H3,(H,19,20)(H,21,24). The van der Waals surface area contributed by atoms with Gasteiger partial charge in [0.25, 0.3) is 0 Å². The van der Waals surface area contributed by atoms with Crippen molar-refractivity contribution in [1.29, 1.82) is 0 Å². The van der Waals surface area contributed by atoms with Crippen molar-refractivity contribution in [3.63, 3.8) is 0 Å². The number of nitrogens with zero attached hydrogens (tertiary/aromatic N) is 3. The van der Waals surface area contributed by atoms with Crippen LogP contribution in [0.3, 0.4) is 0 Å². The predicted octanol–water partition coefficient (Wildman–Crippen LogP) is 1.93. The Morgan fingerprint density at radius 1 is 1.29 bits per heavy atom. The van der Waals surface area contributed by atoms with Crippen molar-refractivity contribution < 1.29 is 0 Å². The Labute approximate surface area is 142 Å². The minimum absolute atomic E-state index is 0.0733. The third kappa shape index (κ3) is 3.28. The number of H-pyrrole nitrogens is 1. The molecular formula is C18H25N5O. The molecule has 24 heavy (non-hydrogen) atoms. The highest BCUT2D eigenvalue weighted by atomic mass is 16.1. The predicted molar refractivity (Wildman–Crippen MR) is 98.9 cm³/mol. The van der Waals surface area contributed by atoms with Gasteiger partial charge in [0.1, 0.15) is 11.6 Å². The summed E-state index contributed by atoms with van der Waals surface area (Å²) in [4.78, 5) is 24.2. The normalized spacial score (nSPS) is 18.7. The van der Waals surface area contributed by atoms with Crippen molar-refractivity contribution in [2.24, 2.45) is 0 Å².